The maximum Gasteiger partial charge on any atom is 0.573 e. The molecule has 0 spiro atoms. The molecule has 1 heterocycles. The van der Waals surface area contributed by atoms with E-state index >= 15 is 0 Å². The van der Waals surface area contributed by atoms with E-state index in [1.165, 1.54) is 6.20 Å². The quantitative estimate of drug-likeness (QED) is 0.499. The van der Waals surface area contributed by atoms with Crippen molar-refractivity contribution in [2.75, 3.05) is 0 Å². The highest BCUT2D eigenvalue weighted by Crippen LogP contribution is 2.31. The Morgan fingerprint density at radius 2 is 2.00 bits per heavy atom. The van der Waals surface area contributed by atoms with Gasteiger partial charge >= 0.3 is 6.36 Å². The van der Waals surface area contributed by atoms with Crippen molar-refractivity contribution in [2.45, 2.75) is 6.36 Å². The summed E-state index contributed by atoms with van der Waals surface area (Å²) in [5, 5.41) is 8.69. The second kappa shape index (κ2) is 4.69. The summed E-state index contributed by atoms with van der Waals surface area (Å²) >= 11 is 3.29. The topological polar surface area (TPSA) is 45.9 Å². The smallest absolute Gasteiger partial charge is 0.401 e. The number of hydrogen-bond donors (Lipinski definition) is 0. The van der Waals surface area contributed by atoms with E-state index in [4.69, 9.17) is 5.26 Å². The molecule has 0 N–H and O–H groups in total. The molecule has 8 heteroatoms. The molecular formula is C7HF3I2N2O. The summed E-state index contributed by atoms with van der Waals surface area (Å²) in [5.41, 5.74) is -0.160. The van der Waals surface area contributed by atoms with Crippen molar-refractivity contribution in [1.82, 2.24) is 4.98 Å². The lowest BCUT2D eigenvalue weighted by atomic mass is 10.3. The molecule has 0 aliphatic heterocycles. The van der Waals surface area contributed by atoms with Crippen LogP contribution < -0.4 is 4.74 Å². The minimum atomic E-state index is -4.82. The van der Waals surface area contributed by atoms with Gasteiger partial charge in [0.05, 0.1) is 3.57 Å². The third-order valence-corrected chi connectivity index (χ3v) is 2.86. The Bertz CT molecular complexity index is 427. The Balaban J connectivity index is 3.28. The molecule has 1 aromatic heterocycles. The van der Waals surface area contributed by atoms with Gasteiger partial charge in [-0.1, -0.05) is 0 Å². The van der Waals surface area contributed by atoms with E-state index in [1.54, 1.807) is 51.3 Å². The summed E-state index contributed by atoms with van der Waals surface area (Å²) in [6.07, 6.45) is -3.51. The highest BCUT2D eigenvalue weighted by atomic mass is 127. The summed E-state index contributed by atoms with van der Waals surface area (Å²) in [6.45, 7) is 0. The Morgan fingerprint density at radius 3 is 2.47 bits per heavy atom. The van der Waals surface area contributed by atoms with Crippen LogP contribution in [0.1, 0.15) is 5.56 Å². The van der Waals surface area contributed by atoms with Crippen LogP contribution in [0, 0.1) is 18.6 Å². The van der Waals surface area contributed by atoms with Gasteiger partial charge < -0.3 is 4.74 Å². The highest BCUT2D eigenvalue weighted by Gasteiger charge is 2.34. The standard InChI is InChI=1S/C7HF3I2N2O/c8-7(9,10)15-5-3(1-13)4(11)2-14-6(5)12/h2H. The van der Waals surface area contributed by atoms with Crippen molar-refractivity contribution >= 4 is 45.2 Å². The van der Waals surface area contributed by atoms with Crippen LogP contribution >= 0.6 is 45.2 Å². The van der Waals surface area contributed by atoms with Gasteiger partial charge in [-0.3, -0.25) is 0 Å². The number of aromatic nitrogens is 1. The van der Waals surface area contributed by atoms with Gasteiger partial charge in [-0.2, -0.15) is 5.26 Å². The number of hydrogen-bond acceptors (Lipinski definition) is 3. The van der Waals surface area contributed by atoms with Gasteiger partial charge in [0.15, 0.2) is 5.75 Å². The number of halogens is 5. The van der Waals surface area contributed by atoms with E-state index in [9.17, 15) is 13.2 Å². The summed E-state index contributed by atoms with van der Waals surface area (Å²) in [5.74, 6) is -0.544. The van der Waals surface area contributed by atoms with Gasteiger partial charge in [0.2, 0.25) is 0 Å². The van der Waals surface area contributed by atoms with Crippen LogP contribution in [0.3, 0.4) is 0 Å². The van der Waals surface area contributed by atoms with Gasteiger partial charge in [-0.05, 0) is 45.2 Å². The van der Waals surface area contributed by atoms with Gasteiger partial charge in [0.1, 0.15) is 15.3 Å². The second-order valence-corrected chi connectivity index (χ2v) is 4.44. The van der Waals surface area contributed by atoms with E-state index in [1.807, 2.05) is 0 Å². The van der Waals surface area contributed by atoms with Crippen molar-refractivity contribution < 1.29 is 17.9 Å². The summed E-state index contributed by atoms with van der Waals surface area (Å²) in [7, 11) is 0. The van der Waals surface area contributed by atoms with E-state index < -0.39 is 12.1 Å². The number of rotatable bonds is 1. The SMILES string of the molecule is N#Cc1c(I)cnc(I)c1OC(F)(F)F. The Labute approximate surface area is 110 Å². The molecule has 0 unspecified atom stereocenters. The molecule has 0 saturated heterocycles. The molecular weight excluding hydrogens is 439 g/mol. The van der Waals surface area contributed by atoms with Gasteiger partial charge in [-0.25, -0.2) is 4.98 Å². The first-order valence-corrected chi connectivity index (χ1v) is 5.50. The maximum atomic E-state index is 12.0. The Morgan fingerprint density at radius 1 is 1.40 bits per heavy atom. The molecule has 0 saturated carbocycles. The minimum absolute atomic E-state index is 0.00175. The van der Waals surface area contributed by atoms with Crippen molar-refractivity contribution in [3.8, 4) is 11.8 Å². The van der Waals surface area contributed by atoms with Gasteiger partial charge in [-0.15, -0.1) is 13.2 Å². The average molecular weight is 440 g/mol. The van der Waals surface area contributed by atoms with Crippen LogP contribution in [0.15, 0.2) is 6.20 Å². The molecule has 0 aliphatic rings. The predicted molar refractivity (Wildman–Crippen MR) is 61.1 cm³/mol. The zero-order chi connectivity index (χ0) is 11.6. The molecule has 0 aromatic carbocycles. The van der Waals surface area contributed by atoms with Crippen LogP contribution in [-0.4, -0.2) is 11.3 Å². The molecule has 0 bridgehead atoms. The van der Waals surface area contributed by atoms with E-state index in [-0.39, 0.29) is 9.26 Å². The fourth-order valence-corrected chi connectivity index (χ4v) is 1.79. The van der Waals surface area contributed by atoms with Crippen LogP contribution in [0.2, 0.25) is 0 Å². The Kier molecular flexibility index (Phi) is 3.99. The van der Waals surface area contributed by atoms with E-state index in [2.05, 4.69) is 9.72 Å². The fourth-order valence-electron chi connectivity index (χ4n) is 0.761. The lowest BCUT2D eigenvalue weighted by Gasteiger charge is -2.11. The molecule has 0 amide bonds. The summed E-state index contributed by atoms with van der Waals surface area (Å²) in [4.78, 5) is 3.67. The summed E-state index contributed by atoms with van der Waals surface area (Å²) < 4.78 is 40.1. The van der Waals surface area contributed by atoms with Crippen LogP contribution in [0.4, 0.5) is 13.2 Å². The number of alkyl halides is 3. The summed E-state index contributed by atoms with van der Waals surface area (Å²) in [6, 6.07) is 1.65. The molecule has 0 atom stereocenters. The van der Waals surface area contributed by atoms with Crippen molar-refractivity contribution in [3.05, 3.63) is 19.0 Å². The van der Waals surface area contributed by atoms with Crippen molar-refractivity contribution in [1.29, 1.82) is 5.26 Å². The number of ether oxygens (including phenoxy) is 1. The van der Waals surface area contributed by atoms with Crippen molar-refractivity contribution in [3.63, 3.8) is 0 Å². The predicted octanol–water partition coefficient (Wildman–Crippen LogP) is 3.06. The molecule has 0 fully saturated rings. The average Bonchev–Trinajstić information content (AvgIpc) is 2.10. The monoisotopic (exact) mass is 440 g/mol. The molecule has 0 aliphatic carbocycles. The second-order valence-electron chi connectivity index (χ2n) is 2.26. The normalized spacial score (nSPS) is 10.9. The molecule has 0 radical (unpaired) electrons. The highest BCUT2D eigenvalue weighted by molar-refractivity contribution is 14.1. The first-order valence-electron chi connectivity index (χ1n) is 3.35. The zero-order valence-corrected chi connectivity index (χ0v) is 11.1. The molecule has 80 valence electrons. The zero-order valence-electron chi connectivity index (χ0n) is 6.77. The van der Waals surface area contributed by atoms with E-state index in [0.717, 1.165) is 0 Å². The molecule has 1 aromatic rings. The number of nitriles is 1. The van der Waals surface area contributed by atoms with Crippen LogP contribution in [0.25, 0.3) is 0 Å². The largest absolute Gasteiger partial charge is 0.573 e. The number of pyridine rings is 1. The lowest BCUT2D eigenvalue weighted by Crippen LogP contribution is -2.19. The van der Waals surface area contributed by atoms with Crippen molar-refractivity contribution in [2.24, 2.45) is 0 Å². The molecule has 15 heavy (non-hydrogen) atoms. The third kappa shape index (κ3) is 3.33. The van der Waals surface area contributed by atoms with Gasteiger partial charge in [0.25, 0.3) is 0 Å². The maximum absolute atomic E-state index is 12.0. The minimum Gasteiger partial charge on any atom is -0.401 e. The van der Waals surface area contributed by atoms with Crippen LogP contribution in [-0.2, 0) is 0 Å². The van der Waals surface area contributed by atoms with E-state index in [0.29, 0.717) is 3.57 Å². The fraction of sp³-hybridized carbons (Fsp3) is 0.143. The number of nitrogens with zero attached hydrogens (tertiary/aromatic N) is 2. The molecule has 3 nitrogen and oxygen atoms in total. The lowest BCUT2D eigenvalue weighted by molar-refractivity contribution is -0.275. The van der Waals surface area contributed by atoms with Gasteiger partial charge in [0, 0.05) is 6.20 Å². The first-order chi connectivity index (χ1) is 6.85. The van der Waals surface area contributed by atoms with Crippen LogP contribution in [0.5, 0.6) is 5.75 Å². The Hall–Kier alpha value is -0.310. The third-order valence-electron chi connectivity index (χ3n) is 1.27. The first kappa shape index (κ1) is 12.8. The molecule has 1 rings (SSSR count).